The van der Waals surface area contributed by atoms with Crippen molar-refractivity contribution in [3.05, 3.63) is 48.3 Å². The molecular weight excluding hydrogens is 336 g/mol. The van der Waals surface area contributed by atoms with Gasteiger partial charge in [-0.15, -0.1) is 0 Å². The Hall–Kier alpha value is -2.80. The summed E-state index contributed by atoms with van der Waals surface area (Å²) >= 11 is 0. The van der Waals surface area contributed by atoms with Gasteiger partial charge in [0.2, 0.25) is 0 Å². The second kappa shape index (κ2) is 8.53. The van der Waals surface area contributed by atoms with E-state index in [4.69, 9.17) is 19.3 Å². The quantitative estimate of drug-likeness (QED) is 0.810. The van der Waals surface area contributed by atoms with Crippen molar-refractivity contribution < 1.29 is 24.1 Å². The summed E-state index contributed by atoms with van der Waals surface area (Å²) in [4.78, 5) is 18.1. The average molecular weight is 358 g/mol. The normalized spacial score (nSPS) is 16.4. The summed E-state index contributed by atoms with van der Waals surface area (Å²) in [7, 11) is 1.58. The molecule has 2 aromatic rings. The number of pyridine rings is 1. The van der Waals surface area contributed by atoms with Crippen LogP contribution in [0.2, 0.25) is 0 Å². The zero-order valence-electron chi connectivity index (χ0n) is 14.6. The Labute approximate surface area is 152 Å². The van der Waals surface area contributed by atoms with Gasteiger partial charge < -0.3 is 24.2 Å². The molecule has 26 heavy (non-hydrogen) atoms. The number of aliphatic hydroxyl groups is 1. The van der Waals surface area contributed by atoms with E-state index in [1.807, 2.05) is 0 Å². The molecule has 1 amide bonds. The van der Waals surface area contributed by atoms with Gasteiger partial charge in [0.25, 0.3) is 5.91 Å². The number of carbonyl (C=O) groups is 1. The number of amides is 1. The summed E-state index contributed by atoms with van der Waals surface area (Å²) in [5.41, 5.74) is 0.800. The molecule has 0 radical (unpaired) electrons. The van der Waals surface area contributed by atoms with Gasteiger partial charge in [0, 0.05) is 25.2 Å². The topological polar surface area (TPSA) is 81.1 Å². The number of aliphatic hydroxyl groups excluding tert-OH is 1. The highest BCUT2D eigenvalue weighted by molar-refractivity contribution is 5.78. The van der Waals surface area contributed by atoms with Gasteiger partial charge in [-0.2, -0.15) is 0 Å². The number of hydrogen-bond donors (Lipinski definition) is 1. The fourth-order valence-corrected chi connectivity index (χ4v) is 2.78. The van der Waals surface area contributed by atoms with Crippen LogP contribution in [-0.2, 0) is 11.4 Å². The number of rotatable bonds is 7. The molecule has 1 fully saturated rings. The lowest BCUT2D eigenvalue weighted by Gasteiger charge is -2.18. The minimum atomic E-state index is -0.0964. The summed E-state index contributed by atoms with van der Waals surface area (Å²) in [5.74, 6) is 1.72. The highest BCUT2D eigenvalue weighted by atomic mass is 16.5. The molecule has 1 saturated heterocycles. The van der Waals surface area contributed by atoms with Crippen LogP contribution in [0.3, 0.4) is 0 Å². The Bertz CT molecular complexity index is 735. The zero-order chi connectivity index (χ0) is 18.4. The molecule has 3 rings (SSSR count). The van der Waals surface area contributed by atoms with Gasteiger partial charge >= 0.3 is 0 Å². The van der Waals surface area contributed by atoms with Crippen LogP contribution in [0.4, 0.5) is 0 Å². The molecule has 138 valence electrons. The molecule has 7 nitrogen and oxygen atoms in total. The standard InChI is InChI=1S/C19H22N2O5/c1-24-17-6-8-20-10-18(17)26-16-7-9-21(11-16)19(23)13-25-15-4-2-14(12-22)3-5-15/h2-6,8,10,16,22H,7,9,11-13H2,1H3. The molecular formula is C19H22N2O5. The maximum absolute atomic E-state index is 12.3. The number of benzene rings is 1. The van der Waals surface area contributed by atoms with Crippen molar-refractivity contribution in [2.45, 2.75) is 19.1 Å². The lowest BCUT2D eigenvalue weighted by atomic mass is 10.2. The third kappa shape index (κ3) is 4.43. The van der Waals surface area contributed by atoms with Crippen molar-refractivity contribution in [1.82, 2.24) is 9.88 Å². The SMILES string of the molecule is COc1ccncc1OC1CCN(C(=O)COc2ccc(CO)cc2)C1. The van der Waals surface area contributed by atoms with E-state index in [1.165, 1.54) is 0 Å². The molecule has 1 N–H and O–H groups in total. The number of carbonyl (C=O) groups excluding carboxylic acids is 1. The summed E-state index contributed by atoms with van der Waals surface area (Å²) in [5, 5.41) is 9.03. The third-order valence-electron chi connectivity index (χ3n) is 4.23. The summed E-state index contributed by atoms with van der Waals surface area (Å²) in [6.07, 6.45) is 3.90. The van der Waals surface area contributed by atoms with Crippen molar-refractivity contribution >= 4 is 5.91 Å². The highest BCUT2D eigenvalue weighted by Gasteiger charge is 2.28. The molecule has 1 aliphatic heterocycles. The van der Waals surface area contributed by atoms with E-state index < -0.39 is 0 Å². The predicted octanol–water partition coefficient (Wildman–Crippen LogP) is 1.64. The highest BCUT2D eigenvalue weighted by Crippen LogP contribution is 2.27. The zero-order valence-corrected chi connectivity index (χ0v) is 14.6. The number of nitrogens with zero attached hydrogens (tertiary/aromatic N) is 2. The average Bonchev–Trinajstić information content (AvgIpc) is 3.15. The molecule has 1 aromatic carbocycles. The van der Waals surface area contributed by atoms with E-state index in [0.29, 0.717) is 30.3 Å². The number of hydrogen-bond acceptors (Lipinski definition) is 6. The lowest BCUT2D eigenvalue weighted by molar-refractivity contribution is -0.132. The molecule has 0 spiro atoms. The predicted molar refractivity (Wildman–Crippen MR) is 94.3 cm³/mol. The van der Waals surface area contributed by atoms with Crippen LogP contribution in [0.5, 0.6) is 17.2 Å². The Morgan fingerprint density at radius 2 is 2.08 bits per heavy atom. The first-order valence-electron chi connectivity index (χ1n) is 8.44. The van der Waals surface area contributed by atoms with E-state index in [-0.39, 0.29) is 25.2 Å². The van der Waals surface area contributed by atoms with Crippen LogP contribution in [0.25, 0.3) is 0 Å². The molecule has 7 heteroatoms. The Morgan fingerprint density at radius 3 is 2.81 bits per heavy atom. The van der Waals surface area contributed by atoms with Crippen LogP contribution in [0.15, 0.2) is 42.7 Å². The Kier molecular flexibility index (Phi) is 5.91. The van der Waals surface area contributed by atoms with Gasteiger partial charge in [0.15, 0.2) is 18.1 Å². The van der Waals surface area contributed by atoms with Gasteiger partial charge in [-0.25, -0.2) is 0 Å². The fraction of sp³-hybridized carbons (Fsp3) is 0.368. The fourth-order valence-electron chi connectivity index (χ4n) is 2.78. The van der Waals surface area contributed by atoms with Crippen LogP contribution < -0.4 is 14.2 Å². The number of ether oxygens (including phenoxy) is 3. The largest absolute Gasteiger partial charge is 0.493 e. The number of likely N-dealkylation sites (tertiary alicyclic amines) is 1. The second-order valence-corrected chi connectivity index (χ2v) is 5.99. The second-order valence-electron chi connectivity index (χ2n) is 5.99. The first-order chi connectivity index (χ1) is 12.7. The summed E-state index contributed by atoms with van der Waals surface area (Å²) in [6.45, 7) is 1.08. The third-order valence-corrected chi connectivity index (χ3v) is 4.23. The van der Waals surface area contributed by atoms with E-state index >= 15 is 0 Å². The minimum Gasteiger partial charge on any atom is -0.493 e. The lowest BCUT2D eigenvalue weighted by Crippen LogP contribution is -2.34. The van der Waals surface area contributed by atoms with E-state index in [1.54, 1.807) is 54.7 Å². The van der Waals surface area contributed by atoms with E-state index in [2.05, 4.69) is 4.98 Å². The molecule has 1 aliphatic rings. The van der Waals surface area contributed by atoms with Crippen molar-refractivity contribution in [2.75, 3.05) is 26.8 Å². The van der Waals surface area contributed by atoms with Gasteiger partial charge in [-0.05, 0) is 17.7 Å². The minimum absolute atomic E-state index is 0.0178. The van der Waals surface area contributed by atoms with E-state index in [0.717, 1.165) is 12.0 Å². The maximum Gasteiger partial charge on any atom is 0.260 e. The maximum atomic E-state index is 12.3. The number of aromatic nitrogens is 1. The van der Waals surface area contributed by atoms with Crippen molar-refractivity contribution in [1.29, 1.82) is 0 Å². The van der Waals surface area contributed by atoms with Crippen molar-refractivity contribution in [3.8, 4) is 17.2 Å². The van der Waals surface area contributed by atoms with Crippen LogP contribution in [-0.4, -0.2) is 53.8 Å². The van der Waals surface area contributed by atoms with Gasteiger partial charge in [0.05, 0.1) is 26.5 Å². The van der Waals surface area contributed by atoms with Crippen LogP contribution in [0.1, 0.15) is 12.0 Å². The Morgan fingerprint density at radius 1 is 1.27 bits per heavy atom. The van der Waals surface area contributed by atoms with Crippen LogP contribution >= 0.6 is 0 Å². The van der Waals surface area contributed by atoms with Gasteiger partial charge in [-0.3, -0.25) is 9.78 Å². The first-order valence-corrected chi connectivity index (χ1v) is 8.44. The van der Waals surface area contributed by atoms with Crippen molar-refractivity contribution in [2.24, 2.45) is 0 Å². The molecule has 0 bridgehead atoms. The molecule has 0 aliphatic carbocycles. The van der Waals surface area contributed by atoms with Crippen molar-refractivity contribution in [3.63, 3.8) is 0 Å². The molecule has 2 heterocycles. The summed E-state index contributed by atoms with van der Waals surface area (Å²) < 4.78 is 16.7. The smallest absolute Gasteiger partial charge is 0.260 e. The first kappa shape index (κ1) is 18.0. The molecule has 1 aromatic heterocycles. The monoisotopic (exact) mass is 358 g/mol. The number of methoxy groups -OCH3 is 1. The van der Waals surface area contributed by atoms with Crippen LogP contribution in [0, 0.1) is 0 Å². The van der Waals surface area contributed by atoms with Gasteiger partial charge in [0.1, 0.15) is 11.9 Å². The molecule has 0 saturated carbocycles. The summed E-state index contributed by atoms with van der Waals surface area (Å²) in [6, 6.07) is 8.75. The van der Waals surface area contributed by atoms with E-state index in [9.17, 15) is 4.79 Å². The molecule has 1 atom stereocenters. The Balaban J connectivity index is 1.49. The van der Waals surface area contributed by atoms with Gasteiger partial charge in [-0.1, -0.05) is 12.1 Å². The molecule has 1 unspecified atom stereocenters.